The van der Waals surface area contributed by atoms with Crippen LogP contribution >= 0.6 is 0 Å². The summed E-state index contributed by atoms with van der Waals surface area (Å²) in [5.41, 5.74) is 4.45. The summed E-state index contributed by atoms with van der Waals surface area (Å²) in [5, 5.41) is 12.6. The number of para-hydroxylation sites is 2. The number of rotatable bonds is 9. The van der Waals surface area contributed by atoms with E-state index in [1.54, 1.807) is 7.11 Å². The predicted molar refractivity (Wildman–Crippen MR) is 126 cm³/mol. The lowest BCUT2D eigenvalue weighted by Crippen LogP contribution is -2.47. The highest BCUT2D eigenvalue weighted by Gasteiger charge is 2.22. The molecule has 2 aromatic carbocycles. The van der Waals surface area contributed by atoms with Crippen LogP contribution < -0.4 is 25.3 Å². The molecule has 3 N–H and O–H groups in total. The molecule has 0 spiro atoms. The minimum Gasteiger partial charge on any atom is -0.495 e. The molecule has 0 aliphatic carbocycles. The first kappa shape index (κ1) is 21.6. The molecule has 0 atom stereocenters. The third-order valence-electron chi connectivity index (χ3n) is 5.48. The highest BCUT2D eigenvalue weighted by molar-refractivity contribution is 5.59. The normalized spacial score (nSPS) is 13.7. The van der Waals surface area contributed by atoms with Gasteiger partial charge in [0.15, 0.2) is 0 Å². The number of hydrogen-bond donors (Lipinski definition) is 3. The summed E-state index contributed by atoms with van der Waals surface area (Å²) in [5.74, 6) is 2.00. The molecule has 168 valence electrons. The van der Waals surface area contributed by atoms with E-state index in [4.69, 9.17) is 4.74 Å². The minimum atomic E-state index is 0.132. The van der Waals surface area contributed by atoms with Crippen molar-refractivity contribution in [3.8, 4) is 5.75 Å². The monoisotopic (exact) mass is 435 g/mol. The van der Waals surface area contributed by atoms with Crippen molar-refractivity contribution in [3.63, 3.8) is 0 Å². The van der Waals surface area contributed by atoms with Gasteiger partial charge < -0.3 is 19.9 Å². The second-order valence-corrected chi connectivity index (χ2v) is 7.56. The van der Waals surface area contributed by atoms with Crippen LogP contribution in [0.1, 0.15) is 12.0 Å². The van der Waals surface area contributed by atoms with Crippen LogP contribution in [0.15, 0.2) is 54.6 Å². The largest absolute Gasteiger partial charge is 0.495 e. The lowest BCUT2D eigenvalue weighted by Gasteiger charge is -2.36. The van der Waals surface area contributed by atoms with Gasteiger partial charge in [0.05, 0.1) is 12.8 Å². The van der Waals surface area contributed by atoms with E-state index in [-0.39, 0.29) is 5.95 Å². The molecule has 2 heterocycles. The Morgan fingerprint density at radius 1 is 0.875 bits per heavy atom. The predicted octanol–water partition coefficient (Wildman–Crippen LogP) is 3.05. The topological polar surface area (TPSA) is 98.7 Å². The summed E-state index contributed by atoms with van der Waals surface area (Å²) in [6.45, 7) is 3.85. The molecule has 32 heavy (non-hydrogen) atoms. The van der Waals surface area contributed by atoms with E-state index < -0.39 is 0 Å². The van der Waals surface area contributed by atoms with E-state index in [9.17, 15) is 5.21 Å². The molecular weight excluding hydrogens is 406 g/mol. The van der Waals surface area contributed by atoms with Crippen LogP contribution in [-0.4, -0.2) is 60.0 Å². The van der Waals surface area contributed by atoms with Gasteiger partial charge in [-0.2, -0.15) is 15.0 Å². The van der Waals surface area contributed by atoms with Gasteiger partial charge in [0.25, 0.3) is 5.95 Å². The van der Waals surface area contributed by atoms with E-state index >= 15 is 0 Å². The number of anilines is 4. The number of benzene rings is 2. The summed E-state index contributed by atoms with van der Waals surface area (Å²) in [7, 11) is 1.69. The molecule has 0 saturated carbocycles. The lowest BCUT2D eigenvalue weighted by atomic mass is 10.1. The van der Waals surface area contributed by atoms with Crippen LogP contribution in [0.25, 0.3) is 0 Å². The molecule has 0 bridgehead atoms. The van der Waals surface area contributed by atoms with Crippen molar-refractivity contribution in [2.75, 3.05) is 60.4 Å². The molecule has 3 aromatic rings. The zero-order chi connectivity index (χ0) is 22.2. The fourth-order valence-electron chi connectivity index (χ4n) is 3.81. The summed E-state index contributed by atoms with van der Waals surface area (Å²) in [6.07, 6.45) is 1.92. The molecule has 9 heteroatoms. The average molecular weight is 436 g/mol. The van der Waals surface area contributed by atoms with Crippen LogP contribution in [0.3, 0.4) is 0 Å². The summed E-state index contributed by atoms with van der Waals surface area (Å²) in [6, 6.07) is 18.4. The Morgan fingerprint density at radius 3 is 2.31 bits per heavy atom. The van der Waals surface area contributed by atoms with Crippen molar-refractivity contribution in [3.05, 3.63) is 60.2 Å². The van der Waals surface area contributed by atoms with E-state index in [0.29, 0.717) is 11.9 Å². The van der Waals surface area contributed by atoms with Gasteiger partial charge in [-0.3, -0.25) is 5.21 Å². The van der Waals surface area contributed by atoms with Crippen LogP contribution in [0.4, 0.5) is 23.5 Å². The SMILES string of the molecule is COc1ccccc1N1CCN(c2nc(NO)nc(NCCCc3ccccc3)n2)CC1. The van der Waals surface area contributed by atoms with Crippen molar-refractivity contribution < 1.29 is 9.94 Å². The van der Waals surface area contributed by atoms with Crippen molar-refractivity contribution in [2.45, 2.75) is 12.8 Å². The lowest BCUT2D eigenvalue weighted by molar-refractivity contribution is 0.382. The van der Waals surface area contributed by atoms with Crippen molar-refractivity contribution >= 4 is 23.5 Å². The quantitative estimate of drug-likeness (QED) is 0.346. The first-order chi connectivity index (χ1) is 15.8. The molecular formula is C23H29N7O2. The van der Waals surface area contributed by atoms with Gasteiger partial charge in [0.2, 0.25) is 11.9 Å². The fourth-order valence-corrected chi connectivity index (χ4v) is 3.81. The Morgan fingerprint density at radius 2 is 1.56 bits per heavy atom. The van der Waals surface area contributed by atoms with Crippen molar-refractivity contribution in [1.29, 1.82) is 0 Å². The maximum absolute atomic E-state index is 9.38. The molecule has 1 saturated heterocycles. The molecule has 1 aromatic heterocycles. The van der Waals surface area contributed by atoms with E-state index in [0.717, 1.165) is 57.0 Å². The average Bonchev–Trinajstić information content (AvgIpc) is 2.87. The molecule has 0 amide bonds. The summed E-state index contributed by atoms with van der Waals surface area (Å²) >= 11 is 0. The smallest absolute Gasteiger partial charge is 0.253 e. The third kappa shape index (κ3) is 5.36. The third-order valence-corrected chi connectivity index (χ3v) is 5.48. The Labute approximate surface area is 188 Å². The highest BCUT2D eigenvalue weighted by Crippen LogP contribution is 2.29. The molecule has 1 aliphatic heterocycles. The zero-order valence-corrected chi connectivity index (χ0v) is 18.2. The minimum absolute atomic E-state index is 0.132. The summed E-state index contributed by atoms with van der Waals surface area (Å²) < 4.78 is 5.50. The highest BCUT2D eigenvalue weighted by atomic mass is 16.5. The maximum atomic E-state index is 9.38. The number of aromatic nitrogens is 3. The van der Waals surface area contributed by atoms with Gasteiger partial charge in [-0.25, -0.2) is 5.48 Å². The zero-order valence-electron chi connectivity index (χ0n) is 18.2. The maximum Gasteiger partial charge on any atom is 0.253 e. The molecule has 4 rings (SSSR count). The fraction of sp³-hybridized carbons (Fsp3) is 0.348. The van der Waals surface area contributed by atoms with Gasteiger partial charge in [0.1, 0.15) is 5.75 Å². The van der Waals surface area contributed by atoms with Crippen LogP contribution in [0, 0.1) is 0 Å². The second kappa shape index (κ2) is 10.6. The Hall–Kier alpha value is -3.59. The molecule has 9 nitrogen and oxygen atoms in total. The first-order valence-electron chi connectivity index (χ1n) is 10.8. The molecule has 0 unspecified atom stereocenters. The Kier molecular flexibility index (Phi) is 7.19. The number of nitrogens with zero attached hydrogens (tertiary/aromatic N) is 5. The van der Waals surface area contributed by atoms with E-state index in [2.05, 4.69) is 53.7 Å². The van der Waals surface area contributed by atoms with Gasteiger partial charge in [-0.1, -0.05) is 42.5 Å². The number of ether oxygens (including phenoxy) is 1. The molecule has 1 aliphatic rings. The standard InChI is InChI=1S/C23H29N7O2/c1-32-20-12-6-5-11-19(20)29-14-16-30(17-15-29)23-26-21(25-22(27-23)28-31)24-13-7-10-18-8-3-2-4-9-18/h2-6,8-9,11-12,31H,7,10,13-17H2,1H3,(H2,24,25,26,27,28). The Bertz CT molecular complexity index is 995. The van der Waals surface area contributed by atoms with Gasteiger partial charge in [-0.15, -0.1) is 0 Å². The second-order valence-electron chi connectivity index (χ2n) is 7.56. The van der Waals surface area contributed by atoms with Crippen LogP contribution in [-0.2, 0) is 6.42 Å². The number of hydrogen-bond acceptors (Lipinski definition) is 9. The Balaban J connectivity index is 1.36. The van der Waals surface area contributed by atoms with E-state index in [1.165, 1.54) is 5.56 Å². The number of methoxy groups -OCH3 is 1. The number of nitrogens with one attached hydrogen (secondary N) is 2. The van der Waals surface area contributed by atoms with Crippen molar-refractivity contribution in [2.24, 2.45) is 0 Å². The van der Waals surface area contributed by atoms with Crippen LogP contribution in [0.2, 0.25) is 0 Å². The molecule has 0 radical (unpaired) electrons. The molecule has 1 fully saturated rings. The first-order valence-corrected chi connectivity index (χ1v) is 10.8. The van der Waals surface area contributed by atoms with Gasteiger partial charge in [0, 0.05) is 32.7 Å². The van der Waals surface area contributed by atoms with E-state index in [1.807, 2.05) is 36.4 Å². The summed E-state index contributed by atoms with van der Waals surface area (Å²) in [4.78, 5) is 17.5. The van der Waals surface area contributed by atoms with Gasteiger partial charge in [-0.05, 0) is 30.5 Å². The number of aryl methyl sites for hydroxylation is 1. The van der Waals surface area contributed by atoms with Crippen molar-refractivity contribution in [1.82, 2.24) is 15.0 Å². The number of piperazine rings is 1. The van der Waals surface area contributed by atoms with Crippen LogP contribution in [0.5, 0.6) is 5.75 Å². The van der Waals surface area contributed by atoms with Gasteiger partial charge >= 0.3 is 0 Å².